The summed E-state index contributed by atoms with van der Waals surface area (Å²) in [5.41, 5.74) is 3.35. The summed E-state index contributed by atoms with van der Waals surface area (Å²) < 4.78 is 1.80. The maximum absolute atomic E-state index is 12.3. The van der Waals surface area contributed by atoms with Crippen LogP contribution in [0.4, 0.5) is 5.13 Å². The summed E-state index contributed by atoms with van der Waals surface area (Å²) >= 11 is 13.3. The highest BCUT2D eigenvalue weighted by Gasteiger charge is 2.11. The second-order valence-corrected chi connectivity index (χ2v) is 7.25. The number of carbonyl (C=O) groups is 1. The smallest absolute Gasteiger partial charge is 0.246 e. The molecular formula is C18H12Cl2N4OS. The van der Waals surface area contributed by atoms with Gasteiger partial charge in [-0.3, -0.25) is 4.79 Å². The molecule has 0 bridgehead atoms. The van der Waals surface area contributed by atoms with Gasteiger partial charge < -0.3 is 9.88 Å². The molecule has 0 spiro atoms. The van der Waals surface area contributed by atoms with Gasteiger partial charge in [-0.15, -0.1) is 11.3 Å². The van der Waals surface area contributed by atoms with Gasteiger partial charge in [0.1, 0.15) is 6.54 Å². The second kappa shape index (κ2) is 7.07. The number of nitrogens with one attached hydrogen (secondary N) is 1. The number of anilines is 1. The van der Waals surface area contributed by atoms with Crippen molar-refractivity contribution in [2.45, 2.75) is 6.54 Å². The predicted molar refractivity (Wildman–Crippen MR) is 106 cm³/mol. The molecule has 26 heavy (non-hydrogen) atoms. The van der Waals surface area contributed by atoms with Crippen LogP contribution >= 0.6 is 34.5 Å². The lowest BCUT2D eigenvalue weighted by molar-refractivity contribution is -0.116. The number of hydrogen-bond donors (Lipinski definition) is 1. The van der Waals surface area contributed by atoms with E-state index in [1.807, 2.05) is 35.7 Å². The highest BCUT2D eigenvalue weighted by atomic mass is 35.5. The molecule has 5 nitrogen and oxygen atoms in total. The third-order valence-corrected chi connectivity index (χ3v) is 5.30. The Morgan fingerprint density at radius 2 is 2.00 bits per heavy atom. The van der Waals surface area contributed by atoms with Gasteiger partial charge in [-0.1, -0.05) is 41.4 Å². The lowest BCUT2D eigenvalue weighted by Gasteiger charge is -2.04. The monoisotopic (exact) mass is 402 g/mol. The lowest BCUT2D eigenvalue weighted by Crippen LogP contribution is -2.18. The molecular weight excluding hydrogens is 391 g/mol. The van der Waals surface area contributed by atoms with Crippen LogP contribution in [-0.2, 0) is 11.3 Å². The maximum Gasteiger partial charge on any atom is 0.246 e. The minimum Gasteiger partial charge on any atom is -0.321 e. The third kappa shape index (κ3) is 3.44. The van der Waals surface area contributed by atoms with Gasteiger partial charge in [0, 0.05) is 10.9 Å². The first kappa shape index (κ1) is 17.0. The van der Waals surface area contributed by atoms with Crippen LogP contribution in [0.15, 0.2) is 54.2 Å². The minimum atomic E-state index is -0.164. The average molecular weight is 403 g/mol. The van der Waals surface area contributed by atoms with E-state index in [2.05, 4.69) is 15.3 Å². The molecule has 2 aromatic carbocycles. The molecule has 4 aromatic rings. The van der Waals surface area contributed by atoms with Crippen molar-refractivity contribution in [2.75, 3.05) is 5.32 Å². The van der Waals surface area contributed by atoms with Gasteiger partial charge in [-0.2, -0.15) is 0 Å². The Morgan fingerprint density at radius 3 is 2.85 bits per heavy atom. The van der Waals surface area contributed by atoms with Crippen molar-refractivity contribution < 1.29 is 4.79 Å². The van der Waals surface area contributed by atoms with E-state index in [-0.39, 0.29) is 12.5 Å². The number of halogens is 2. The van der Waals surface area contributed by atoms with E-state index in [4.69, 9.17) is 23.2 Å². The Bertz CT molecular complexity index is 1110. The van der Waals surface area contributed by atoms with Crippen molar-refractivity contribution in [3.8, 4) is 11.3 Å². The Kier molecular flexibility index (Phi) is 4.63. The van der Waals surface area contributed by atoms with E-state index < -0.39 is 0 Å². The fourth-order valence-corrected chi connectivity index (χ4v) is 3.60. The van der Waals surface area contributed by atoms with Crippen molar-refractivity contribution >= 4 is 56.6 Å². The number of aromatic nitrogens is 3. The molecule has 0 aliphatic carbocycles. The number of hydrogen-bond acceptors (Lipinski definition) is 4. The number of benzene rings is 2. The van der Waals surface area contributed by atoms with Crippen LogP contribution in [0.5, 0.6) is 0 Å². The van der Waals surface area contributed by atoms with E-state index in [9.17, 15) is 4.79 Å². The van der Waals surface area contributed by atoms with Crippen molar-refractivity contribution in [1.82, 2.24) is 14.5 Å². The van der Waals surface area contributed by atoms with E-state index in [1.165, 1.54) is 11.3 Å². The Labute approximate surface area is 163 Å². The van der Waals surface area contributed by atoms with Crippen LogP contribution in [0.25, 0.3) is 22.3 Å². The summed E-state index contributed by atoms with van der Waals surface area (Å²) in [5, 5.41) is 6.17. The number of rotatable bonds is 4. The molecule has 0 atom stereocenters. The fourth-order valence-electron chi connectivity index (χ4n) is 2.57. The van der Waals surface area contributed by atoms with Crippen molar-refractivity contribution in [2.24, 2.45) is 0 Å². The van der Waals surface area contributed by atoms with Crippen LogP contribution in [0.1, 0.15) is 0 Å². The summed E-state index contributed by atoms with van der Waals surface area (Å²) in [6, 6.07) is 13.0. The molecule has 130 valence electrons. The van der Waals surface area contributed by atoms with Crippen LogP contribution in [-0.4, -0.2) is 20.4 Å². The van der Waals surface area contributed by atoms with Gasteiger partial charge in [-0.05, 0) is 24.3 Å². The largest absolute Gasteiger partial charge is 0.321 e. The van der Waals surface area contributed by atoms with Gasteiger partial charge in [0.2, 0.25) is 5.91 Å². The van der Waals surface area contributed by atoms with Gasteiger partial charge >= 0.3 is 0 Å². The molecule has 0 unspecified atom stereocenters. The van der Waals surface area contributed by atoms with Gasteiger partial charge in [-0.25, -0.2) is 9.97 Å². The zero-order chi connectivity index (χ0) is 18.1. The van der Waals surface area contributed by atoms with Crippen LogP contribution in [0, 0.1) is 0 Å². The highest BCUT2D eigenvalue weighted by molar-refractivity contribution is 7.14. The van der Waals surface area contributed by atoms with Crippen molar-refractivity contribution in [3.63, 3.8) is 0 Å². The molecule has 0 saturated carbocycles. The molecule has 8 heteroatoms. The summed E-state index contributed by atoms with van der Waals surface area (Å²) in [6.45, 7) is 0.169. The molecule has 2 aromatic heterocycles. The summed E-state index contributed by atoms with van der Waals surface area (Å²) in [4.78, 5) is 21.1. The van der Waals surface area contributed by atoms with Crippen LogP contribution in [0.2, 0.25) is 10.0 Å². The number of thiazole rings is 1. The zero-order valence-electron chi connectivity index (χ0n) is 13.3. The molecule has 0 radical (unpaired) electrons. The van der Waals surface area contributed by atoms with Crippen LogP contribution < -0.4 is 5.32 Å². The maximum atomic E-state index is 12.3. The van der Waals surface area contributed by atoms with Gasteiger partial charge in [0.25, 0.3) is 0 Å². The number of fused-ring (bicyclic) bond motifs is 1. The van der Waals surface area contributed by atoms with Gasteiger partial charge in [0.05, 0.1) is 33.1 Å². The SMILES string of the molecule is O=C(Cn1cnc2ccccc21)Nc1nc(-c2ccc(Cl)c(Cl)c2)cs1. The summed E-state index contributed by atoms with van der Waals surface area (Å²) in [7, 11) is 0. The normalized spacial score (nSPS) is 11.0. The minimum absolute atomic E-state index is 0.164. The Morgan fingerprint density at radius 1 is 1.15 bits per heavy atom. The van der Waals surface area contributed by atoms with E-state index in [0.29, 0.717) is 15.2 Å². The van der Waals surface area contributed by atoms with Crippen molar-refractivity contribution in [1.29, 1.82) is 0 Å². The molecule has 2 heterocycles. The molecule has 1 amide bonds. The summed E-state index contributed by atoms with van der Waals surface area (Å²) in [5.74, 6) is -0.164. The number of nitrogens with zero attached hydrogens (tertiary/aromatic N) is 3. The van der Waals surface area contributed by atoms with E-state index >= 15 is 0 Å². The van der Waals surface area contributed by atoms with Crippen molar-refractivity contribution in [3.05, 3.63) is 64.2 Å². The first-order valence-corrected chi connectivity index (χ1v) is 9.34. The van der Waals surface area contributed by atoms with Gasteiger partial charge in [0.15, 0.2) is 5.13 Å². The topological polar surface area (TPSA) is 59.8 Å². The molecule has 1 N–H and O–H groups in total. The molecule has 0 aliphatic rings. The number of para-hydroxylation sites is 2. The second-order valence-electron chi connectivity index (χ2n) is 5.58. The zero-order valence-corrected chi connectivity index (χ0v) is 15.6. The number of imidazole rings is 1. The molecule has 4 rings (SSSR count). The fraction of sp³-hybridized carbons (Fsp3) is 0.0556. The first-order chi connectivity index (χ1) is 12.6. The predicted octanol–water partition coefficient (Wildman–Crippen LogP) is 5.11. The van der Waals surface area contributed by atoms with E-state index in [0.717, 1.165) is 22.3 Å². The van der Waals surface area contributed by atoms with Crippen LogP contribution in [0.3, 0.4) is 0 Å². The molecule has 0 fully saturated rings. The highest BCUT2D eigenvalue weighted by Crippen LogP contribution is 2.30. The number of carbonyl (C=O) groups excluding carboxylic acids is 1. The quantitative estimate of drug-likeness (QED) is 0.516. The Balaban J connectivity index is 1.48. The molecule has 0 aliphatic heterocycles. The summed E-state index contributed by atoms with van der Waals surface area (Å²) in [6.07, 6.45) is 1.66. The third-order valence-electron chi connectivity index (χ3n) is 3.81. The average Bonchev–Trinajstić information content (AvgIpc) is 3.25. The lowest BCUT2D eigenvalue weighted by atomic mass is 10.2. The number of amides is 1. The Hall–Kier alpha value is -2.41. The molecule has 0 saturated heterocycles. The standard InChI is InChI=1S/C18H12Cl2N4OS/c19-12-6-5-11(7-13(12)20)15-9-26-18(22-15)23-17(25)8-24-10-21-14-3-1-2-4-16(14)24/h1-7,9-10H,8H2,(H,22,23,25). The van der Waals surface area contributed by atoms with E-state index in [1.54, 1.807) is 23.0 Å². The first-order valence-electron chi connectivity index (χ1n) is 7.71.